The van der Waals surface area contributed by atoms with Gasteiger partial charge in [0.2, 0.25) is 0 Å². The summed E-state index contributed by atoms with van der Waals surface area (Å²) in [7, 11) is 0. The summed E-state index contributed by atoms with van der Waals surface area (Å²) in [6.45, 7) is 12.8. The quantitative estimate of drug-likeness (QED) is 0.289. The van der Waals surface area contributed by atoms with Gasteiger partial charge in [-0.05, 0) is 59.4 Å². The smallest absolute Gasteiger partial charge is 0.130 e. The SMILES string of the molecule is Cc1cc(O)c(Sc2c(O)cc(C)cc2C(C)(C)c2ccccc2)c(C(C)(C)c2ccccc2)c1. The van der Waals surface area contributed by atoms with Crippen molar-refractivity contribution in [1.82, 2.24) is 0 Å². The number of rotatable bonds is 6. The largest absolute Gasteiger partial charge is 0.507 e. The van der Waals surface area contributed by atoms with Crippen LogP contribution in [0.2, 0.25) is 0 Å². The van der Waals surface area contributed by atoms with Crippen LogP contribution in [0, 0.1) is 13.8 Å². The van der Waals surface area contributed by atoms with Crippen molar-refractivity contribution in [3.05, 3.63) is 118 Å². The lowest BCUT2D eigenvalue weighted by atomic mass is 9.77. The summed E-state index contributed by atoms with van der Waals surface area (Å²) in [5, 5.41) is 22.4. The lowest BCUT2D eigenvalue weighted by molar-refractivity contribution is 0.452. The third kappa shape index (κ3) is 4.83. The van der Waals surface area contributed by atoms with E-state index in [-0.39, 0.29) is 22.3 Å². The number of aromatic hydroxyl groups is 2. The van der Waals surface area contributed by atoms with Crippen molar-refractivity contribution < 1.29 is 10.2 Å². The van der Waals surface area contributed by atoms with Crippen LogP contribution in [0.4, 0.5) is 0 Å². The molecule has 4 rings (SSSR count). The van der Waals surface area contributed by atoms with E-state index in [0.29, 0.717) is 0 Å². The van der Waals surface area contributed by atoms with Crippen molar-refractivity contribution in [2.24, 2.45) is 0 Å². The third-order valence-corrected chi connectivity index (χ3v) is 8.24. The Kier molecular flexibility index (Phi) is 6.75. The molecule has 0 spiro atoms. The normalized spacial score (nSPS) is 12.1. The van der Waals surface area contributed by atoms with Crippen LogP contribution in [0.15, 0.2) is 94.7 Å². The molecule has 0 unspecified atom stereocenters. The summed E-state index contributed by atoms with van der Waals surface area (Å²) in [6, 6.07) is 28.7. The van der Waals surface area contributed by atoms with E-state index in [2.05, 4.69) is 64.1 Å². The van der Waals surface area contributed by atoms with E-state index >= 15 is 0 Å². The minimum atomic E-state index is -0.345. The lowest BCUT2D eigenvalue weighted by Gasteiger charge is -2.32. The van der Waals surface area contributed by atoms with Crippen molar-refractivity contribution in [2.45, 2.75) is 62.2 Å². The standard InChI is InChI=1S/C32H34O2S/c1-21-17-25(31(3,4)23-13-9-7-10-14-23)29(27(33)19-21)35-30-26(18-22(2)20-28(30)34)32(5,6)24-15-11-8-12-16-24/h7-20,33-34H,1-6H3. The molecule has 0 aliphatic heterocycles. The van der Waals surface area contributed by atoms with Crippen LogP contribution >= 0.6 is 11.8 Å². The molecule has 0 aromatic heterocycles. The highest BCUT2D eigenvalue weighted by Crippen LogP contribution is 2.50. The average Bonchev–Trinajstić information content (AvgIpc) is 2.82. The zero-order valence-corrected chi connectivity index (χ0v) is 22.2. The van der Waals surface area contributed by atoms with E-state index in [0.717, 1.165) is 32.0 Å². The fourth-order valence-electron chi connectivity index (χ4n) is 4.77. The molecule has 0 heterocycles. The van der Waals surface area contributed by atoms with Gasteiger partial charge in [0.15, 0.2) is 0 Å². The summed E-state index contributed by atoms with van der Waals surface area (Å²) in [4.78, 5) is 1.54. The molecule has 0 radical (unpaired) electrons. The third-order valence-electron chi connectivity index (χ3n) is 6.97. The monoisotopic (exact) mass is 482 g/mol. The van der Waals surface area contributed by atoms with E-state index in [1.54, 1.807) is 12.1 Å². The van der Waals surface area contributed by atoms with Crippen LogP contribution in [0.1, 0.15) is 61.1 Å². The van der Waals surface area contributed by atoms with Crippen LogP contribution < -0.4 is 0 Å². The predicted octanol–water partition coefficient (Wildman–Crippen LogP) is 8.52. The topological polar surface area (TPSA) is 40.5 Å². The molecule has 3 heteroatoms. The van der Waals surface area contributed by atoms with Gasteiger partial charge in [0.1, 0.15) is 11.5 Å². The summed E-state index contributed by atoms with van der Waals surface area (Å²) >= 11 is 1.45. The molecule has 0 saturated heterocycles. The fraction of sp³-hybridized carbons (Fsp3) is 0.250. The Labute approximate surface area is 213 Å². The zero-order chi connectivity index (χ0) is 25.4. The minimum absolute atomic E-state index is 0.234. The van der Waals surface area contributed by atoms with E-state index in [4.69, 9.17) is 0 Å². The van der Waals surface area contributed by atoms with E-state index in [1.165, 1.54) is 22.9 Å². The molecule has 0 fully saturated rings. The highest BCUT2D eigenvalue weighted by Gasteiger charge is 2.32. The first kappa shape index (κ1) is 24.9. The molecule has 35 heavy (non-hydrogen) atoms. The van der Waals surface area contributed by atoms with Gasteiger partial charge >= 0.3 is 0 Å². The van der Waals surface area contributed by atoms with Gasteiger partial charge < -0.3 is 10.2 Å². The molecule has 2 N–H and O–H groups in total. The predicted molar refractivity (Wildman–Crippen MR) is 147 cm³/mol. The molecule has 180 valence electrons. The van der Waals surface area contributed by atoms with Gasteiger partial charge in [-0.2, -0.15) is 0 Å². The summed E-state index contributed by atoms with van der Waals surface area (Å²) in [6.07, 6.45) is 0. The van der Waals surface area contributed by atoms with E-state index in [1.807, 2.05) is 50.2 Å². The van der Waals surface area contributed by atoms with Crippen LogP contribution in [0.25, 0.3) is 0 Å². The number of aryl methyl sites for hydroxylation is 2. The molecule has 2 nitrogen and oxygen atoms in total. The van der Waals surface area contributed by atoms with E-state index < -0.39 is 0 Å². The Bertz CT molecular complexity index is 1230. The maximum atomic E-state index is 11.2. The Morgan fingerprint density at radius 1 is 0.543 bits per heavy atom. The Morgan fingerprint density at radius 2 is 0.886 bits per heavy atom. The van der Waals surface area contributed by atoms with Crippen molar-refractivity contribution in [1.29, 1.82) is 0 Å². The van der Waals surface area contributed by atoms with Gasteiger partial charge in [-0.25, -0.2) is 0 Å². The number of hydrogen-bond acceptors (Lipinski definition) is 3. The number of phenolic OH excluding ortho intramolecular Hbond substituents is 2. The van der Waals surface area contributed by atoms with Gasteiger partial charge in [-0.1, -0.05) is 112 Å². The van der Waals surface area contributed by atoms with Crippen molar-refractivity contribution in [3.8, 4) is 11.5 Å². The van der Waals surface area contributed by atoms with Crippen molar-refractivity contribution in [3.63, 3.8) is 0 Å². The first-order valence-electron chi connectivity index (χ1n) is 12.0. The summed E-state index contributed by atoms with van der Waals surface area (Å²) in [5.74, 6) is 0.467. The van der Waals surface area contributed by atoms with Crippen LogP contribution in [-0.4, -0.2) is 10.2 Å². The van der Waals surface area contributed by atoms with Gasteiger partial charge in [0, 0.05) is 10.8 Å². The number of hydrogen-bond donors (Lipinski definition) is 2. The van der Waals surface area contributed by atoms with Gasteiger partial charge in [-0.15, -0.1) is 0 Å². The molecule has 4 aromatic rings. The van der Waals surface area contributed by atoms with E-state index in [9.17, 15) is 10.2 Å². The second kappa shape index (κ2) is 9.47. The van der Waals surface area contributed by atoms with Gasteiger partial charge in [0.05, 0.1) is 9.79 Å². The van der Waals surface area contributed by atoms with Crippen LogP contribution in [0.3, 0.4) is 0 Å². The highest BCUT2D eigenvalue weighted by molar-refractivity contribution is 7.99. The lowest BCUT2D eigenvalue weighted by Crippen LogP contribution is -2.21. The second-order valence-electron chi connectivity index (χ2n) is 10.4. The average molecular weight is 483 g/mol. The minimum Gasteiger partial charge on any atom is -0.507 e. The maximum absolute atomic E-state index is 11.2. The van der Waals surface area contributed by atoms with Gasteiger partial charge in [0.25, 0.3) is 0 Å². The molecule has 0 bridgehead atoms. The first-order valence-corrected chi connectivity index (χ1v) is 12.8. The Morgan fingerprint density at radius 3 is 1.23 bits per heavy atom. The molecular formula is C32H34O2S. The van der Waals surface area contributed by atoms with Crippen LogP contribution in [0.5, 0.6) is 11.5 Å². The molecule has 0 atom stereocenters. The van der Waals surface area contributed by atoms with Crippen molar-refractivity contribution in [2.75, 3.05) is 0 Å². The molecule has 0 aliphatic carbocycles. The summed E-state index contributed by atoms with van der Waals surface area (Å²) in [5.41, 5.74) is 5.73. The molecule has 0 saturated carbocycles. The van der Waals surface area contributed by atoms with Gasteiger partial charge in [-0.3, -0.25) is 0 Å². The zero-order valence-electron chi connectivity index (χ0n) is 21.4. The highest BCUT2D eigenvalue weighted by atomic mass is 32.2. The molecule has 0 amide bonds. The molecule has 4 aromatic carbocycles. The van der Waals surface area contributed by atoms with Crippen molar-refractivity contribution >= 4 is 11.8 Å². The molecular weight excluding hydrogens is 448 g/mol. The molecule has 0 aliphatic rings. The Balaban J connectivity index is 1.92. The second-order valence-corrected chi connectivity index (χ2v) is 11.4. The Hall–Kier alpha value is -3.17. The fourth-order valence-corrected chi connectivity index (χ4v) is 6.15. The first-order chi connectivity index (χ1) is 16.5. The number of phenols is 2. The van der Waals surface area contributed by atoms with Crippen LogP contribution in [-0.2, 0) is 10.8 Å². The maximum Gasteiger partial charge on any atom is 0.130 e. The number of benzene rings is 4. The summed E-state index contributed by atoms with van der Waals surface area (Å²) < 4.78 is 0.